The van der Waals surface area contributed by atoms with E-state index in [0.29, 0.717) is 12.1 Å². The van der Waals surface area contributed by atoms with Crippen LogP contribution in [0.4, 0.5) is 0 Å². The van der Waals surface area contributed by atoms with E-state index < -0.39 is 0 Å². The molecule has 3 heteroatoms. The normalized spacial score (nSPS) is 12.2. The molecular formula is C14H21NO2. The van der Waals surface area contributed by atoms with Gasteiger partial charge in [-0.2, -0.15) is 0 Å². The van der Waals surface area contributed by atoms with Gasteiger partial charge in [-0.25, -0.2) is 0 Å². The maximum Gasteiger partial charge on any atom is 0.257 e. The van der Waals surface area contributed by atoms with Crippen molar-refractivity contribution in [2.45, 2.75) is 40.2 Å². The van der Waals surface area contributed by atoms with Gasteiger partial charge >= 0.3 is 0 Å². The first-order valence-corrected chi connectivity index (χ1v) is 6.11. The second kappa shape index (κ2) is 5.71. The molecule has 17 heavy (non-hydrogen) atoms. The highest BCUT2D eigenvalue weighted by Gasteiger charge is 2.21. The van der Waals surface area contributed by atoms with Crippen LogP contribution in [0.1, 0.15) is 43.1 Å². The molecule has 1 unspecified atom stereocenters. The molecule has 0 aromatic heterocycles. The van der Waals surface area contributed by atoms with E-state index in [9.17, 15) is 9.90 Å². The van der Waals surface area contributed by atoms with Crippen molar-refractivity contribution in [2.75, 3.05) is 6.54 Å². The molecule has 0 saturated carbocycles. The van der Waals surface area contributed by atoms with Crippen molar-refractivity contribution >= 4 is 5.91 Å². The Hall–Kier alpha value is -1.51. The molecule has 1 N–H and O–H groups in total. The maximum atomic E-state index is 12.3. The van der Waals surface area contributed by atoms with E-state index in [4.69, 9.17) is 0 Å². The maximum absolute atomic E-state index is 12.3. The Morgan fingerprint density at radius 2 is 2.06 bits per heavy atom. The number of phenolic OH excluding ortho intramolecular Hbond substituents is 1. The summed E-state index contributed by atoms with van der Waals surface area (Å²) in [5.41, 5.74) is 1.34. The molecule has 0 radical (unpaired) electrons. The third kappa shape index (κ3) is 2.99. The van der Waals surface area contributed by atoms with Gasteiger partial charge in [-0.05, 0) is 44.9 Å². The van der Waals surface area contributed by atoms with E-state index in [-0.39, 0.29) is 17.7 Å². The average molecular weight is 235 g/mol. The number of nitrogens with zero attached hydrogens (tertiary/aromatic N) is 1. The fourth-order valence-electron chi connectivity index (χ4n) is 1.85. The fraction of sp³-hybridized carbons (Fsp3) is 0.500. The molecule has 0 spiro atoms. The van der Waals surface area contributed by atoms with E-state index in [1.165, 1.54) is 0 Å². The van der Waals surface area contributed by atoms with Crippen molar-refractivity contribution < 1.29 is 9.90 Å². The zero-order chi connectivity index (χ0) is 13.0. The van der Waals surface area contributed by atoms with Crippen LogP contribution in [0.2, 0.25) is 0 Å². The number of aromatic hydroxyl groups is 1. The lowest BCUT2D eigenvalue weighted by atomic mass is 10.1. The molecule has 0 bridgehead atoms. The van der Waals surface area contributed by atoms with Crippen molar-refractivity contribution in [2.24, 2.45) is 0 Å². The van der Waals surface area contributed by atoms with Crippen LogP contribution in [0.3, 0.4) is 0 Å². The van der Waals surface area contributed by atoms with Crippen molar-refractivity contribution in [1.29, 1.82) is 0 Å². The molecule has 0 heterocycles. The first-order chi connectivity index (χ1) is 8.01. The zero-order valence-electron chi connectivity index (χ0n) is 11.0. The standard InChI is InChI=1S/C14H21NO2/c1-5-11(4)15(6-2)14(17)12-8-7-10(3)9-13(12)16/h7-9,11,16H,5-6H2,1-4H3. The van der Waals surface area contributed by atoms with Gasteiger partial charge in [-0.15, -0.1) is 0 Å². The lowest BCUT2D eigenvalue weighted by molar-refractivity contribution is 0.0697. The Kier molecular flexibility index (Phi) is 4.55. The number of rotatable bonds is 4. The number of carbonyl (C=O) groups is 1. The molecule has 1 amide bonds. The second-order valence-electron chi connectivity index (χ2n) is 4.37. The number of benzene rings is 1. The van der Waals surface area contributed by atoms with E-state index in [1.807, 2.05) is 26.8 Å². The number of hydrogen-bond donors (Lipinski definition) is 1. The number of aryl methyl sites for hydroxylation is 1. The second-order valence-corrected chi connectivity index (χ2v) is 4.37. The van der Waals surface area contributed by atoms with Crippen LogP contribution < -0.4 is 0 Å². The number of amides is 1. The summed E-state index contributed by atoms with van der Waals surface area (Å²) in [6, 6.07) is 5.35. The smallest absolute Gasteiger partial charge is 0.257 e. The highest BCUT2D eigenvalue weighted by Crippen LogP contribution is 2.21. The summed E-state index contributed by atoms with van der Waals surface area (Å²) in [5.74, 6) is -0.0314. The van der Waals surface area contributed by atoms with Crippen LogP contribution in [-0.2, 0) is 0 Å². The van der Waals surface area contributed by atoms with Crippen LogP contribution in [-0.4, -0.2) is 28.5 Å². The predicted octanol–water partition coefficient (Wildman–Crippen LogP) is 2.96. The molecule has 0 saturated heterocycles. The van der Waals surface area contributed by atoms with Gasteiger partial charge in [-0.1, -0.05) is 13.0 Å². The molecule has 0 aliphatic rings. The van der Waals surface area contributed by atoms with Crippen LogP contribution in [0, 0.1) is 6.92 Å². The van der Waals surface area contributed by atoms with Gasteiger partial charge in [0.2, 0.25) is 0 Å². The van der Waals surface area contributed by atoms with Gasteiger partial charge in [0.15, 0.2) is 0 Å². The first kappa shape index (κ1) is 13.6. The third-order valence-electron chi connectivity index (χ3n) is 3.11. The topological polar surface area (TPSA) is 40.5 Å². The summed E-state index contributed by atoms with van der Waals surface area (Å²) in [7, 11) is 0. The number of phenols is 1. The summed E-state index contributed by atoms with van der Waals surface area (Å²) in [6.07, 6.45) is 0.909. The monoisotopic (exact) mass is 235 g/mol. The lowest BCUT2D eigenvalue weighted by Gasteiger charge is -2.27. The van der Waals surface area contributed by atoms with Crippen LogP contribution in [0.5, 0.6) is 5.75 Å². The number of carbonyl (C=O) groups excluding carboxylic acids is 1. The fourth-order valence-corrected chi connectivity index (χ4v) is 1.85. The molecule has 3 nitrogen and oxygen atoms in total. The summed E-state index contributed by atoms with van der Waals surface area (Å²) >= 11 is 0. The third-order valence-corrected chi connectivity index (χ3v) is 3.11. The van der Waals surface area contributed by atoms with Gasteiger partial charge in [0.1, 0.15) is 5.75 Å². The Bertz CT molecular complexity index is 401. The quantitative estimate of drug-likeness (QED) is 0.871. The Morgan fingerprint density at radius 3 is 2.53 bits per heavy atom. The lowest BCUT2D eigenvalue weighted by Crippen LogP contribution is -2.38. The largest absolute Gasteiger partial charge is 0.507 e. The average Bonchev–Trinajstić information content (AvgIpc) is 2.29. The first-order valence-electron chi connectivity index (χ1n) is 6.11. The van der Waals surface area contributed by atoms with Crippen molar-refractivity contribution in [3.05, 3.63) is 29.3 Å². The summed E-state index contributed by atoms with van der Waals surface area (Å²) in [5, 5.41) is 9.81. The van der Waals surface area contributed by atoms with Crippen LogP contribution >= 0.6 is 0 Å². The van der Waals surface area contributed by atoms with Gasteiger partial charge in [0, 0.05) is 12.6 Å². The van der Waals surface area contributed by atoms with Gasteiger partial charge in [0.25, 0.3) is 5.91 Å². The summed E-state index contributed by atoms with van der Waals surface area (Å²) in [4.78, 5) is 14.1. The van der Waals surface area contributed by atoms with Crippen LogP contribution in [0.25, 0.3) is 0 Å². The van der Waals surface area contributed by atoms with Gasteiger partial charge < -0.3 is 10.0 Å². The highest BCUT2D eigenvalue weighted by molar-refractivity contribution is 5.97. The van der Waals surface area contributed by atoms with Crippen molar-refractivity contribution in [3.8, 4) is 5.75 Å². The SMILES string of the molecule is CCC(C)N(CC)C(=O)c1ccc(C)cc1O. The molecule has 1 rings (SSSR count). The van der Waals surface area contributed by atoms with E-state index in [0.717, 1.165) is 12.0 Å². The van der Waals surface area contributed by atoms with E-state index in [1.54, 1.807) is 17.0 Å². The molecule has 0 aliphatic heterocycles. The molecule has 1 aromatic rings. The predicted molar refractivity (Wildman–Crippen MR) is 69.3 cm³/mol. The van der Waals surface area contributed by atoms with Crippen molar-refractivity contribution in [1.82, 2.24) is 4.90 Å². The summed E-state index contributed by atoms with van der Waals surface area (Å²) in [6.45, 7) is 8.57. The molecule has 0 aliphatic carbocycles. The minimum absolute atomic E-state index is 0.0664. The highest BCUT2D eigenvalue weighted by atomic mass is 16.3. The molecule has 0 fully saturated rings. The molecule has 94 valence electrons. The molecule has 1 atom stereocenters. The Balaban J connectivity index is 3.02. The van der Waals surface area contributed by atoms with Crippen LogP contribution in [0.15, 0.2) is 18.2 Å². The van der Waals surface area contributed by atoms with E-state index >= 15 is 0 Å². The number of hydrogen-bond acceptors (Lipinski definition) is 2. The minimum atomic E-state index is -0.0978. The molecule has 1 aromatic carbocycles. The molecular weight excluding hydrogens is 214 g/mol. The van der Waals surface area contributed by atoms with Gasteiger partial charge in [0.05, 0.1) is 5.56 Å². The summed E-state index contributed by atoms with van der Waals surface area (Å²) < 4.78 is 0. The van der Waals surface area contributed by atoms with E-state index in [2.05, 4.69) is 6.92 Å². The zero-order valence-corrected chi connectivity index (χ0v) is 11.0. The van der Waals surface area contributed by atoms with Crippen molar-refractivity contribution in [3.63, 3.8) is 0 Å². The Morgan fingerprint density at radius 1 is 1.41 bits per heavy atom. The minimum Gasteiger partial charge on any atom is -0.507 e. The Labute approximate surface area is 103 Å². The van der Waals surface area contributed by atoms with Gasteiger partial charge in [-0.3, -0.25) is 4.79 Å².